The highest BCUT2D eigenvalue weighted by molar-refractivity contribution is 4.84. The maximum atomic E-state index is 6.13. The summed E-state index contributed by atoms with van der Waals surface area (Å²) >= 11 is 0. The standard InChI is InChI=1S/C14H30N2/c1-5-11(3)8-14(6-2)16-9-12(4)7-13(15)10-16/h11-14H,5-10,15H2,1-4H3. The van der Waals surface area contributed by atoms with Crippen molar-refractivity contribution in [3.8, 4) is 0 Å². The summed E-state index contributed by atoms with van der Waals surface area (Å²) in [5.74, 6) is 1.62. The number of hydrogen-bond acceptors (Lipinski definition) is 2. The van der Waals surface area contributed by atoms with Gasteiger partial charge in [0.1, 0.15) is 0 Å². The molecule has 0 aromatic rings. The van der Waals surface area contributed by atoms with Gasteiger partial charge in [0.25, 0.3) is 0 Å². The van der Waals surface area contributed by atoms with E-state index in [2.05, 4.69) is 32.6 Å². The quantitative estimate of drug-likeness (QED) is 0.781. The second kappa shape index (κ2) is 6.61. The van der Waals surface area contributed by atoms with Crippen LogP contribution >= 0.6 is 0 Å². The van der Waals surface area contributed by atoms with Crippen LogP contribution in [0.15, 0.2) is 0 Å². The van der Waals surface area contributed by atoms with E-state index in [0.717, 1.165) is 24.4 Å². The molecule has 0 amide bonds. The monoisotopic (exact) mass is 226 g/mol. The molecule has 2 nitrogen and oxygen atoms in total. The first kappa shape index (κ1) is 14.0. The molecule has 1 heterocycles. The van der Waals surface area contributed by atoms with Gasteiger partial charge in [-0.05, 0) is 31.1 Å². The summed E-state index contributed by atoms with van der Waals surface area (Å²) in [6.45, 7) is 11.7. The van der Waals surface area contributed by atoms with Gasteiger partial charge in [-0.3, -0.25) is 4.90 Å². The summed E-state index contributed by atoms with van der Waals surface area (Å²) in [7, 11) is 0. The molecule has 1 saturated heterocycles. The molecule has 1 rings (SSSR count). The van der Waals surface area contributed by atoms with Gasteiger partial charge in [0.15, 0.2) is 0 Å². The lowest BCUT2D eigenvalue weighted by atomic mass is 9.91. The van der Waals surface area contributed by atoms with Crippen LogP contribution in [-0.2, 0) is 0 Å². The van der Waals surface area contributed by atoms with Crippen LogP contribution in [0.1, 0.15) is 53.4 Å². The molecule has 1 aliphatic rings. The third-order valence-electron chi connectivity index (χ3n) is 4.08. The van der Waals surface area contributed by atoms with Gasteiger partial charge in [0, 0.05) is 25.2 Å². The van der Waals surface area contributed by atoms with Crippen LogP contribution in [0.2, 0.25) is 0 Å². The van der Waals surface area contributed by atoms with Crippen molar-refractivity contribution in [3.63, 3.8) is 0 Å². The van der Waals surface area contributed by atoms with Crippen molar-refractivity contribution in [2.45, 2.75) is 65.5 Å². The third-order valence-corrected chi connectivity index (χ3v) is 4.08. The molecule has 0 saturated carbocycles. The van der Waals surface area contributed by atoms with Crippen LogP contribution in [0.4, 0.5) is 0 Å². The van der Waals surface area contributed by atoms with Gasteiger partial charge in [0.2, 0.25) is 0 Å². The molecule has 0 aromatic carbocycles. The Morgan fingerprint density at radius 1 is 1.25 bits per heavy atom. The molecule has 0 aromatic heterocycles. The highest BCUT2D eigenvalue weighted by atomic mass is 15.2. The normalized spacial score (nSPS) is 31.3. The van der Waals surface area contributed by atoms with E-state index in [0.29, 0.717) is 6.04 Å². The van der Waals surface area contributed by atoms with Crippen molar-refractivity contribution in [3.05, 3.63) is 0 Å². The van der Waals surface area contributed by atoms with Gasteiger partial charge in [0.05, 0.1) is 0 Å². The van der Waals surface area contributed by atoms with Crippen molar-refractivity contribution < 1.29 is 0 Å². The Kier molecular flexibility index (Phi) is 5.77. The van der Waals surface area contributed by atoms with Crippen LogP contribution in [0.25, 0.3) is 0 Å². The number of likely N-dealkylation sites (tertiary alicyclic amines) is 1. The highest BCUT2D eigenvalue weighted by Gasteiger charge is 2.27. The van der Waals surface area contributed by atoms with Gasteiger partial charge in [-0.25, -0.2) is 0 Å². The van der Waals surface area contributed by atoms with Crippen molar-refractivity contribution in [1.29, 1.82) is 0 Å². The van der Waals surface area contributed by atoms with E-state index < -0.39 is 0 Å². The zero-order valence-corrected chi connectivity index (χ0v) is 11.6. The summed E-state index contributed by atoms with van der Waals surface area (Å²) in [6, 6.07) is 1.15. The van der Waals surface area contributed by atoms with Crippen LogP contribution in [0.3, 0.4) is 0 Å². The van der Waals surface area contributed by atoms with E-state index in [1.54, 1.807) is 0 Å². The van der Waals surface area contributed by atoms with Crippen molar-refractivity contribution in [2.24, 2.45) is 17.6 Å². The van der Waals surface area contributed by atoms with Gasteiger partial charge < -0.3 is 5.73 Å². The van der Waals surface area contributed by atoms with Gasteiger partial charge in [-0.2, -0.15) is 0 Å². The summed E-state index contributed by atoms with van der Waals surface area (Å²) in [5, 5.41) is 0. The average Bonchev–Trinajstić information content (AvgIpc) is 2.24. The van der Waals surface area contributed by atoms with E-state index in [4.69, 9.17) is 5.73 Å². The molecular formula is C14H30N2. The van der Waals surface area contributed by atoms with Crippen molar-refractivity contribution in [1.82, 2.24) is 4.90 Å². The molecule has 0 spiro atoms. The molecule has 4 unspecified atom stereocenters. The number of piperidine rings is 1. The molecular weight excluding hydrogens is 196 g/mol. The zero-order chi connectivity index (χ0) is 12.1. The average molecular weight is 226 g/mol. The Bertz CT molecular complexity index is 183. The Hall–Kier alpha value is -0.0800. The van der Waals surface area contributed by atoms with E-state index in [1.165, 1.54) is 32.2 Å². The summed E-state index contributed by atoms with van der Waals surface area (Å²) in [4.78, 5) is 2.64. The van der Waals surface area contributed by atoms with Crippen LogP contribution in [0.5, 0.6) is 0 Å². The summed E-state index contributed by atoms with van der Waals surface area (Å²) < 4.78 is 0. The number of rotatable bonds is 5. The van der Waals surface area contributed by atoms with E-state index in [1.807, 2.05) is 0 Å². The molecule has 16 heavy (non-hydrogen) atoms. The van der Waals surface area contributed by atoms with Crippen LogP contribution in [0, 0.1) is 11.8 Å². The summed E-state index contributed by atoms with van der Waals surface area (Å²) in [5.41, 5.74) is 6.13. The maximum Gasteiger partial charge on any atom is 0.0170 e. The van der Waals surface area contributed by atoms with E-state index >= 15 is 0 Å². The SMILES string of the molecule is CCC(C)CC(CC)N1CC(C)CC(N)C1. The third kappa shape index (κ3) is 4.06. The predicted octanol–water partition coefficient (Wildman–Crippen LogP) is 2.87. The molecule has 96 valence electrons. The number of nitrogens with two attached hydrogens (primary N) is 1. The van der Waals surface area contributed by atoms with Crippen LogP contribution < -0.4 is 5.73 Å². The fourth-order valence-electron chi connectivity index (χ4n) is 2.95. The Morgan fingerprint density at radius 3 is 2.44 bits per heavy atom. The number of nitrogens with zero attached hydrogens (tertiary/aromatic N) is 1. The molecule has 2 N–H and O–H groups in total. The largest absolute Gasteiger partial charge is 0.327 e. The Labute approximate surface area is 102 Å². The minimum atomic E-state index is 0.398. The molecule has 2 heteroatoms. The van der Waals surface area contributed by atoms with E-state index in [9.17, 15) is 0 Å². The fraction of sp³-hybridized carbons (Fsp3) is 1.00. The first-order chi connectivity index (χ1) is 7.56. The second-order valence-electron chi connectivity index (χ2n) is 5.87. The summed E-state index contributed by atoms with van der Waals surface area (Å²) in [6.07, 6.45) is 5.11. The second-order valence-corrected chi connectivity index (χ2v) is 5.87. The molecule has 0 radical (unpaired) electrons. The Balaban J connectivity index is 2.50. The smallest absolute Gasteiger partial charge is 0.0170 e. The topological polar surface area (TPSA) is 29.3 Å². The van der Waals surface area contributed by atoms with Crippen molar-refractivity contribution in [2.75, 3.05) is 13.1 Å². The number of hydrogen-bond donors (Lipinski definition) is 1. The molecule has 0 aliphatic carbocycles. The first-order valence-corrected chi connectivity index (χ1v) is 7.06. The molecule has 4 atom stereocenters. The minimum Gasteiger partial charge on any atom is -0.327 e. The van der Waals surface area contributed by atoms with Gasteiger partial charge >= 0.3 is 0 Å². The van der Waals surface area contributed by atoms with E-state index in [-0.39, 0.29) is 0 Å². The zero-order valence-electron chi connectivity index (χ0n) is 11.6. The molecule has 1 fully saturated rings. The van der Waals surface area contributed by atoms with Crippen molar-refractivity contribution >= 4 is 0 Å². The minimum absolute atomic E-state index is 0.398. The fourth-order valence-corrected chi connectivity index (χ4v) is 2.95. The van der Waals surface area contributed by atoms with Gasteiger partial charge in [-0.1, -0.05) is 34.1 Å². The van der Waals surface area contributed by atoms with Crippen LogP contribution in [-0.4, -0.2) is 30.1 Å². The first-order valence-electron chi connectivity index (χ1n) is 7.06. The Morgan fingerprint density at radius 2 is 1.94 bits per heavy atom. The molecule has 0 bridgehead atoms. The lowest BCUT2D eigenvalue weighted by molar-refractivity contribution is 0.0980. The predicted molar refractivity (Wildman–Crippen MR) is 71.5 cm³/mol. The molecule has 1 aliphatic heterocycles. The highest BCUT2D eigenvalue weighted by Crippen LogP contribution is 2.23. The van der Waals surface area contributed by atoms with Gasteiger partial charge in [-0.15, -0.1) is 0 Å². The lowest BCUT2D eigenvalue weighted by Gasteiger charge is -2.40. The maximum absolute atomic E-state index is 6.13. The lowest BCUT2D eigenvalue weighted by Crippen LogP contribution is -2.50.